The molecule has 2 N–H and O–H groups in total. The molecule has 0 aromatic carbocycles. The zero-order valence-corrected chi connectivity index (χ0v) is 11.8. The lowest BCUT2D eigenvalue weighted by Crippen LogP contribution is -2.52. The fourth-order valence-corrected chi connectivity index (χ4v) is 1.81. The molecule has 1 rings (SSSR count). The van der Waals surface area contributed by atoms with Crippen molar-refractivity contribution in [3.8, 4) is 0 Å². The van der Waals surface area contributed by atoms with Crippen molar-refractivity contribution in [1.82, 2.24) is 10.2 Å². The third kappa shape index (κ3) is 3.60. The van der Waals surface area contributed by atoms with Gasteiger partial charge in [-0.05, 0) is 6.92 Å². The number of rotatable bonds is 5. The van der Waals surface area contributed by atoms with Crippen LogP contribution in [0.25, 0.3) is 0 Å². The Morgan fingerprint density at radius 2 is 2.15 bits per heavy atom. The van der Waals surface area contributed by atoms with Gasteiger partial charge in [-0.3, -0.25) is 9.59 Å². The number of methoxy groups -OCH3 is 1. The Kier molecular flexibility index (Phi) is 5.32. The number of amides is 2. The van der Waals surface area contributed by atoms with E-state index in [1.807, 2.05) is 0 Å². The number of nitrogens with zero attached hydrogens (tertiary/aromatic N) is 1. The second-order valence-corrected chi connectivity index (χ2v) is 4.99. The summed E-state index contributed by atoms with van der Waals surface area (Å²) in [6, 6.07) is -1.05. The molecular weight excluding hydrogens is 268 g/mol. The zero-order valence-electron chi connectivity index (χ0n) is 11.8. The van der Waals surface area contributed by atoms with E-state index in [4.69, 9.17) is 4.74 Å². The number of hydrogen-bond donors (Lipinski definition) is 2. The molecule has 8 heteroatoms. The topological polar surface area (TPSA) is 105 Å². The first-order valence-electron chi connectivity index (χ1n) is 6.21. The molecule has 0 bridgehead atoms. The molecule has 0 spiro atoms. The van der Waals surface area contributed by atoms with E-state index in [2.05, 4.69) is 10.1 Å². The second-order valence-electron chi connectivity index (χ2n) is 4.99. The van der Waals surface area contributed by atoms with Crippen LogP contribution in [0.1, 0.15) is 13.3 Å². The fraction of sp³-hybridized carbons (Fsp3) is 0.750. The Labute approximate surface area is 117 Å². The summed E-state index contributed by atoms with van der Waals surface area (Å²) in [5, 5.41) is 11.8. The van der Waals surface area contributed by atoms with E-state index >= 15 is 0 Å². The molecule has 8 nitrogen and oxygen atoms in total. The highest BCUT2D eigenvalue weighted by atomic mass is 16.5. The normalized spacial score (nSPS) is 25.1. The van der Waals surface area contributed by atoms with Gasteiger partial charge >= 0.3 is 18.0 Å². The number of carboxylic acid groups (broad SMARTS) is 1. The Bertz CT molecular complexity index is 399. The average molecular weight is 288 g/mol. The lowest BCUT2D eigenvalue weighted by Gasteiger charge is -2.27. The fourth-order valence-electron chi connectivity index (χ4n) is 1.81. The van der Waals surface area contributed by atoms with Crippen molar-refractivity contribution in [3.05, 3.63) is 0 Å². The van der Waals surface area contributed by atoms with Crippen molar-refractivity contribution < 1.29 is 29.0 Å². The van der Waals surface area contributed by atoms with Gasteiger partial charge in [0, 0.05) is 13.6 Å². The maximum atomic E-state index is 11.9. The summed E-state index contributed by atoms with van der Waals surface area (Å²) in [7, 11) is 2.79. The number of carbonyl (C=O) groups is 3. The molecule has 114 valence electrons. The number of carbonyl (C=O) groups excluding carboxylic acids is 2. The molecule has 1 aliphatic rings. The van der Waals surface area contributed by atoms with Crippen LogP contribution in [0.4, 0.5) is 4.79 Å². The molecule has 1 saturated heterocycles. The van der Waals surface area contributed by atoms with Gasteiger partial charge in [0.1, 0.15) is 5.41 Å². The molecule has 0 radical (unpaired) electrons. The third-order valence-corrected chi connectivity index (χ3v) is 3.47. The lowest BCUT2D eigenvalue weighted by molar-refractivity contribution is -0.148. The van der Waals surface area contributed by atoms with Crippen molar-refractivity contribution >= 4 is 18.0 Å². The maximum Gasteiger partial charge on any atom is 0.317 e. The highest BCUT2D eigenvalue weighted by Crippen LogP contribution is 2.28. The lowest BCUT2D eigenvalue weighted by atomic mass is 9.85. The molecule has 1 heterocycles. The summed E-state index contributed by atoms with van der Waals surface area (Å²) in [6.07, 6.45) is 0.0811. The van der Waals surface area contributed by atoms with Gasteiger partial charge in [-0.15, -0.1) is 0 Å². The van der Waals surface area contributed by atoms with Gasteiger partial charge in [0.15, 0.2) is 0 Å². The Morgan fingerprint density at radius 3 is 2.70 bits per heavy atom. The summed E-state index contributed by atoms with van der Waals surface area (Å²) in [5.41, 5.74) is -1.14. The number of nitrogens with one attached hydrogen (secondary N) is 1. The molecule has 1 fully saturated rings. The summed E-state index contributed by atoms with van der Waals surface area (Å²) in [4.78, 5) is 35.5. The van der Waals surface area contributed by atoms with Gasteiger partial charge in [0.2, 0.25) is 0 Å². The van der Waals surface area contributed by atoms with Gasteiger partial charge in [0.25, 0.3) is 0 Å². The largest absolute Gasteiger partial charge is 0.481 e. The zero-order chi connectivity index (χ0) is 15.3. The molecule has 20 heavy (non-hydrogen) atoms. The number of aliphatic carboxylic acids is 1. The molecule has 0 aromatic rings. The van der Waals surface area contributed by atoms with Crippen LogP contribution in [0, 0.1) is 5.41 Å². The van der Waals surface area contributed by atoms with Gasteiger partial charge in [-0.25, -0.2) is 4.79 Å². The third-order valence-electron chi connectivity index (χ3n) is 3.47. The molecule has 2 atom stereocenters. The van der Waals surface area contributed by atoms with Crippen LogP contribution in [0.2, 0.25) is 0 Å². The van der Waals surface area contributed by atoms with E-state index in [9.17, 15) is 19.5 Å². The standard InChI is InChI=1S/C12H20N2O6/c1-12(10(16)17)7-20-6-8(12)13-11(18)14(2)5-4-9(15)19-3/h8H,4-7H2,1-3H3,(H,13,18)(H,16,17). The van der Waals surface area contributed by atoms with Crippen LogP contribution >= 0.6 is 0 Å². The van der Waals surface area contributed by atoms with Crippen molar-refractivity contribution in [2.45, 2.75) is 19.4 Å². The van der Waals surface area contributed by atoms with Crippen LogP contribution in [-0.2, 0) is 19.1 Å². The van der Waals surface area contributed by atoms with Crippen LogP contribution < -0.4 is 5.32 Å². The van der Waals surface area contributed by atoms with Crippen molar-refractivity contribution in [2.75, 3.05) is 33.9 Å². The number of urea groups is 1. The molecule has 0 aromatic heterocycles. The monoisotopic (exact) mass is 288 g/mol. The second kappa shape index (κ2) is 6.56. The summed E-state index contributed by atoms with van der Waals surface area (Å²) < 4.78 is 9.63. The molecular formula is C12H20N2O6. The maximum absolute atomic E-state index is 11.9. The first-order chi connectivity index (χ1) is 9.31. The quantitative estimate of drug-likeness (QED) is 0.672. The van der Waals surface area contributed by atoms with Crippen molar-refractivity contribution in [1.29, 1.82) is 0 Å². The number of esters is 1. The average Bonchev–Trinajstić information content (AvgIpc) is 2.78. The van der Waals surface area contributed by atoms with Gasteiger partial charge < -0.3 is 24.8 Å². The smallest absolute Gasteiger partial charge is 0.317 e. The molecule has 0 saturated carbocycles. The van der Waals surface area contributed by atoms with Gasteiger partial charge in [-0.2, -0.15) is 0 Å². The van der Waals surface area contributed by atoms with Crippen LogP contribution in [0.15, 0.2) is 0 Å². The van der Waals surface area contributed by atoms with E-state index < -0.39 is 29.4 Å². The van der Waals surface area contributed by atoms with Crippen LogP contribution in [0.3, 0.4) is 0 Å². The van der Waals surface area contributed by atoms with E-state index in [1.165, 1.54) is 26.0 Å². The molecule has 2 unspecified atom stereocenters. The minimum absolute atomic E-state index is 0.0547. The molecule has 1 aliphatic heterocycles. The first-order valence-corrected chi connectivity index (χ1v) is 6.21. The Balaban J connectivity index is 2.53. The summed E-state index contributed by atoms with van der Waals surface area (Å²) >= 11 is 0. The Morgan fingerprint density at radius 1 is 1.50 bits per heavy atom. The predicted octanol–water partition coefficient (Wildman–Crippen LogP) is -0.319. The van der Waals surface area contributed by atoms with Crippen LogP contribution in [0.5, 0.6) is 0 Å². The number of hydrogen-bond acceptors (Lipinski definition) is 5. The minimum Gasteiger partial charge on any atom is -0.481 e. The Hall–Kier alpha value is -1.83. The molecule has 2 amide bonds. The van der Waals surface area contributed by atoms with Gasteiger partial charge in [-0.1, -0.05) is 0 Å². The SMILES string of the molecule is COC(=O)CCN(C)C(=O)NC1COCC1(C)C(=O)O. The van der Waals surface area contributed by atoms with E-state index in [1.54, 1.807) is 0 Å². The summed E-state index contributed by atoms with van der Waals surface area (Å²) in [5.74, 6) is -1.43. The van der Waals surface area contributed by atoms with E-state index in [0.717, 1.165) is 0 Å². The number of carboxylic acids is 1. The van der Waals surface area contributed by atoms with Crippen molar-refractivity contribution in [2.24, 2.45) is 5.41 Å². The van der Waals surface area contributed by atoms with Gasteiger partial charge in [0.05, 0.1) is 32.8 Å². The number of ether oxygens (including phenoxy) is 2. The van der Waals surface area contributed by atoms with E-state index in [0.29, 0.717) is 0 Å². The first kappa shape index (κ1) is 16.2. The highest BCUT2D eigenvalue weighted by molar-refractivity contribution is 5.79. The molecule has 0 aliphatic carbocycles. The van der Waals surface area contributed by atoms with Crippen molar-refractivity contribution in [3.63, 3.8) is 0 Å². The highest BCUT2D eigenvalue weighted by Gasteiger charge is 2.47. The summed E-state index contributed by atoms with van der Waals surface area (Å²) in [6.45, 7) is 1.93. The van der Waals surface area contributed by atoms with Crippen LogP contribution in [-0.4, -0.2) is 67.9 Å². The predicted molar refractivity (Wildman–Crippen MR) is 68.1 cm³/mol. The minimum atomic E-state index is -1.14. The van der Waals surface area contributed by atoms with E-state index in [-0.39, 0.29) is 26.2 Å².